The van der Waals surface area contributed by atoms with E-state index in [1.165, 1.54) is 0 Å². The van der Waals surface area contributed by atoms with Crippen LogP contribution in [0.1, 0.15) is 34.1 Å². The fourth-order valence-corrected chi connectivity index (χ4v) is 2.34. The molecule has 0 aliphatic carbocycles. The molecule has 0 saturated carbocycles. The Morgan fingerprint density at radius 2 is 2.00 bits per heavy atom. The van der Waals surface area contributed by atoms with Crippen LogP contribution < -0.4 is 5.73 Å². The summed E-state index contributed by atoms with van der Waals surface area (Å²) in [6, 6.07) is -0.841. The lowest BCUT2D eigenvalue weighted by molar-refractivity contribution is -0.142. The number of carbonyl (C=O) groups is 1. The summed E-state index contributed by atoms with van der Waals surface area (Å²) in [6.45, 7) is 7.72. The van der Waals surface area contributed by atoms with E-state index in [0.717, 1.165) is 0 Å². The lowest BCUT2D eigenvalue weighted by atomic mass is 9.82. The number of ether oxygens (including phenoxy) is 1. The average molecular weight is 201 g/mol. The third-order valence-corrected chi connectivity index (χ3v) is 2.86. The molecule has 1 heterocycles. The predicted molar refractivity (Wildman–Crippen MR) is 53.0 cm³/mol. The molecule has 2 atom stereocenters. The minimum absolute atomic E-state index is 0.130. The van der Waals surface area contributed by atoms with Gasteiger partial charge >= 0.3 is 5.97 Å². The van der Waals surface area contributed by atoms with Crippen LogP contribution in [-0.4, -0.2) is 28.3 Å². The molecule has 0 bridgehead atoms. The largest absolute Gasteiger partial charge is 0.480 e. The Balaban J connectivity index is 2.85. The van der Waals surface area contributed by atoms with E-state index in [1.54, 1.807) is 0 Å². The quantitative estimate of drug-likeness (QED) is 0.699. The first kappa shape index (κ1) is 11.5. The van der Waals surface area contributed by atoms with Crippen molar-refractivity contribution in [3.63, 3.8) is 0 Å². The van der Waals surface area contributed by atoms with Crippen molar-refractivity contribution in [1.82, 2.24) is 0 Å². The van der Waals surface area contributed by atoms with Crippen LogP contribution in [0.15, 0.2) is 0 Å². The zero-order valence-corrected chi connectivity index (χ0v) is 9.20. The van der Waals surface area contributed by atoms with Crippen molar-refractivity contribution >= 4 is 5.97 Å². The van der Waals surface area contributed by atoms with Gasteiger partial charge in [-0.15, -0.1) is 0 Å². The molecule has 0 aromatic rings. The summed E-state index contributed by atoms with van der Waals surface area (Å²) >= 11 is 0. The zero-order chi connectivity index (χ0) is 11.1. The molecular weight excluding hydrogens is 182 g/mol. The van der Waals surface area contributed by atoms with Gasteiger partial charge in [0.2, 0.25) is 0 Å². The minimum Gasteiger partial charge on any atom is -0.480 e. The average Bonchev–Trinajstić information content (AvgIpc) is 2.17. The number of nitrogens with two attached hydrogens (primary N) is 1. The number of carboxylic acids is 1. The highest BCUT2D eigenvalue weighted by Crippen LogP contribution is 2.43. The molecule has 0 aromatic carbocycles. The van der Waals surface area contributed by atoms with E-state index in [1.807, 2.05) is 27.7 Å². The third kappa shape index (κ3) is 2.07. The lowest BCUT2D eigenvalue weighted by Gasteiger charge is -2.29. The Kier molecular flexibility index (Phi) is 2.63. The van der Waals surface area contributed by atoms with E-state index in [4.69, 9.17) is 15.6 Å². The summed E-state index contributed by atoms with van der Waals surface area (Å²) in [5.74, 6) is -1.08. The summed E-state index contributed by atoms with van der Waals surface area (Å²) in [5, 5.41) is 8.86. The van der Waals surface area contributed by atoms with Gasteiger partial charge in [-0.25, -0.2) is 0 Å². The Bertz CT molecular complexity index is 248. The molecular formula is C10H19NO3. The predicted octanol–water partition coefficient (Wildman–Crippen LogP) is 0.992. The highest BCUT2D eigenvalue weighted by Gasteiger charge is 2.49. The normalized spacial score (nSPS) is 31.4. The molecule has 4 heteroatoms. The molecule has 1 aliphatic heterocycles. The van der Waals surface area contributed by atoms with E-state index in [2.05, 4.69) is 0 Å². The van der Waals surface area contributed by atoms with Gasteiger partial charge in [0.25, 0.3) is 0 Å². The first-order chi connectivity index (χ1) is 6.16. The summed E-state index contributed by atoms with van der Waals surface area (Å²) in [4.78, 5) is 10.8. The summed E-state index contributed by atoms with van der Waals surface area (Å²) < 4.78 is 5.78. The molecule has 1 aliphatic rings. The molecule has 1 unspecified atom stereocenters. The first-order valence-electron chi connectivity index (χ1n) is 4.84. The van der Waals surface area contributed by atoms with Crippen molar-refractivity contribution in [3.05, 3.63) is 0 Å². The molecule has 82 valence electrons. The standard InChI is InChI=1S/C10H19NO3/c1-9(2)5-6(7(11)8(12)13)10(3,4)14-9/h6-7H,5,11H2,1-4H3,(H,12,13)/t6?,7-/m0/s1. The zero-order valence-electron chi connectivity index (χ0n) is 9.20. The molecule has 0 amide bonds. The van der Waals surface area contributed by atoms with E-state index in [0.29, 0.717) is 6.42 Å². The molecule has 1 saturated heterocycles. The Labute approximate surface area is 84.4 Å². The molecule has 1 fully saturated rings. The van der Waals surface area contributed by atoms with Crippen LogP contribution in [0.4, 0.5) is 0 Å². The Morgan fingerprint density at radius 1 is 1.50 bits per heavy atom. The van der Waals surface area contributed by atoms with Gasteiger partial charge in [-0.05, 0) is 34.1 Å². The van der Waals surface area contributed by atoms with Crippen LogP contribution in [0.5, 0.6) is 0 Å². The third-order valence-electron chi connectivity index (χ3n) is 2.86. The number of rotatable bonds is 2. The maximum absolute atomic E-state index is 10.8. The van der Waals surface area contributed by atoms with Crippen LogP contribution in [0, 0.1) is 5.92 Å². The van der Waals surface area contributed by atoms with Crippen molar-refractivity contribution in [2.75, 3.05) is 0 Å². The van der Waals surface area contributed by atoms with Crippen LogP contribution >= 0.6 is 0 Å². The fraction of sp³-hybridized carbons (Fsp3) is 0.900. The molecule has 0 radical (unpaired) electrons. The van der Waals surface area contributed by atoms with Gasteiger partial charge in [0.1, 0.15) is 6.04 Å². The monoisotopic (exact) mass is 201 g/mol. The van der Waals surface area contributed by atoms with E-state index >= 15 is 0 Å². The van der Waals surface area contributed by atoms with E-state index in [-0.39, 0.29) is 11.5 Å². The number of hydrogen-bond acceptors (Lipinski definition) is 3. The van der Waals surface area contributed by atoms with Crippen molar-refractivity contribution in [1.29, 1.82) is 0 Å². The van der Waals surface area contributed by atoms with Crippen molar-refractivity contribution in [2.24, 2.45) is 11.7 Å². The maximum Gasteiger partial charge on any atom is 0.320 e. The SMILES string of the molecule is CC1(C)CC([C@H](N)C(=O)O)C(C)(C)O1. The second-order valence-electron chi connectivity index (χ2n) is 5.14. The Hall–Kier alpha value is -0.610. The van der Waals surface area contributed by atoms with Gasteiger partial charge in [0.15, 0.2) is 0 Å². The lowest BCUT2D eigenvalue weighted by Crippen LogP contribution is -2.45. The smallest absolute Gasteiger partial charge is 0.320 e. The number of aliphatic carboxylic acids is 1. The molecule has 0 aromatic heterocycles. The molecule has 1 rings (SSSR count). The van der Waals surface area contributed by atoms with Gasteiger partial charge in [0.05, 0.1) is 11.2 Å². The Morgan fingerprint density at radius 3 is 2.29 bits per heavy atom. The minimum atomic E-state index is -0.954. The number of carboxylic acid groups (broad SMARTS) is 1. The summed E-state index contributed by atoms with van der Waals surface area (Å²) in [6.07, 6.45) is 0.688. The highest BCUT2D eigenvalue weighted by atomic mass is 16.5. The van der Waals surface area contributed by atoms with Crippen LogP contribution in [0.2, 0.25) is 0 Å². The summed E-state index contributed by atoms with van der Waals surface area (Å²) in [5.41, 5.74) is 4.91. The van der Waals surface area contributed by atoms with Gasteiger partial charge in [-0.2, -0.15) is 0 Å². The first-order valence-corrected chi connectivity index (χ1v) is 4.84. The second kappa shape index (κ2) is 3.21. The number of hydrogen-bond donors (Lipinski definition) is 2. The molecule has 0 spiro atoms. The van der Waals surface area contributed by atoms with Crippen molar-refractivity contribution < 1.29 is 14.6 Å². The molecule has 3 N–H and O–H groups in total. The topological polar surface area (TPSA) is 72.6 Å². The van der Waals surface area contributed by atoms with Crippen LogP contribution in [0.25, 0.3) is 0 Å². The van der Waals surface area contributed by atoms with Crippen LogP contribution in [-0.2, 0) is 9.53 Å². The fourth-order valence-electron chi connectivity index (χ4n) is 2.34. The van der Waals surface area contributed by atoms with Crippen LogP contribution in [0.3, 0.4) is 0 Å². The van der Waals surface area contributed by atoms with E-state index < -0.39 is 17.6 Å². The second-order valence-corrected chi connectivity index (χ2v) is 5.14. The van der Waals surface area contributed by atoms with Crippen molar-refractivity contribution in [2.45, 2.75) is 51.4 Å². The van der Waals surface area contributed by atoms with Gasteiger partial charge < -0.3 is 15.6 Å². The maximum atomic E-state index is 10.8. The highest BCUT2D eigenvalue weighted by molar-refractivity contribution is 5.73. The van der Waals surface area contributed by atoms with E-state index in [9.17, 15) is 4.79 Å². The summed E-state index contributed by atoms with van der Waals surface area (Å²) in [7, 11) is 0. The van der Waals surface area contributed by atoms with Gasteiger partial charge in [-0.3, -0.25) is 4.79 Å². The van der Waals surface area contributed by atoms with Gasteiger partial charge in [0, 0.05) is 5.92 Å². The van der Waals surface area contributed by atoms with Crippen molar-refractivity contribution in [3.8, 4) is 0 Å². The van der Waals surface area contributed by atoms with Gasteiger partial charge in [-0.1, -0.05) is 0 Å². The molecule has 14 heavy (non-hydrogen) atoms. The molecule has 4 nitrogen and oxygen atoms in total.